The first-order valence-electron chi connectivity index (χ1n) is 7.02. The van der Waals surface area contributed by atoms with Crippen molar-refractivity contribution in [3.8, 4) is 0 Å². The molecule has 0 bridgehead atoms. The lowest BCUT2D eigenvalue weighted by Gasteiger charge is -2.34. The van der Waals surface area contributed by atoms with Gasteiger partial charge in [0.1, 0.15) is 5.82 Å². The first-order valence-corrected chi connectivity index (χ1v) is 8.46. The van der Waals surface area contributed by atoms with Crippen LogP contribution in [0, 0.1) is 5.82 Å². The molecule has 2 rings (SSSR count). The topological polar surface area (TPSA) is 58.6 Å². The number of nitrogens with one attached hydrogen (secondary N) is 1. The highest BCUT2D eigenvalue weighted by atomic mass is 32.2. The molecule has 1 aromatic carbocycles. The highest BCUT2D eigenvalue weighted by molar-refractivity contribution is 7.87. The summed E-state index contributed by atoms with van der Waals surface area (Å²) in [6.07, 6.45) is 0.0650. The van der Waals surface area contributed by atoms with E-state index >= 15 is 0 Å². The molecule has 21 heavy (non-hydrogen) atoms. The fraction of sp³-hybridized carbons (Fsp3) is 0.571. The number of halogens is 1. The number of ether oxygens (including phenoxy) is 1. The first-order chi connectivity index (χ1) is 9.88. The summed E-state index contributed by atoms with van der Waals surface area (Å²) in [6.45, 7) is 4.52. The van der Waals surface area contributed by atoms with E-state index in [2.05, 4.69) is 4.72 Å². The van der Waals surface area contributed by atoms with Gasteiger partial charge in [0, 0.05) is 19.6 Å². The van der Waals surface area contributed by atoms with Crippen LogP contribution in [0.4, 0.5) is 4.39 Å². The standard InChI is InChI=1S/C14H21FN2O3S/c1-11-9-17(10-12(2)20-11)21(18,19)16-8-7-13-5-3-4-6-14(13)15/h3-6,11-12,16H,7-10H2,1-2H3/t11-,12-/m0/s1. The maximum Gasteiger partial charge on any atom is 0.279 e. The maximum atomic E-state index is 13.5. The highest BCUT2D eigenvalue weighted by Gasteiger charge is 2.30. The smallest absolute Gasteiger partial charge is 0.279 e. The molecular weight excluding hydrogens is 295 g/mol. The second-order valence-electron chi connectivity index (χ2n) is 5.32. The van der Waals surface area contributed by atoms with Crippen molar-refractivity contribution in [1.29, 1.82) is 0 Å². The lowest BCUT2D eigenvalue weighted by Crippen LogP contribution is -2.52. The Labute approximate surface area is 125 Å². The lowest BCUT2D eigenvalue weighted by molar-refractivity contribution is -0.0443. The molecule has 1 aliphatic rings. The summed E-state index contributed by atoms with van der Waals surface area (Å²) in [4.78, 5) is 0. The van der Waals surface area contributed by atoms with Crippen LogP contribution in [0.1, 0.15) is 19.4 Å². The van der Waals surface area contributed by atoms with Crippen molar-refractivity contribution >= 4 is 10.2 Å². The molecule has 0 amide bonds. The number of hydrogen-bond acceptors (Lipinski definition) is 3. The Kier molecular flexibility index (Phi) is 5.32. The van der Waals surface area contributed by atoms with Gasteiger partial charge in [-0.2, -0.15) is 12.7 Å². The molecule has 1 saturated heterocycles. The van der Waals surface area contributed by atoms with Crippen molar-refractivity contribution < 1.29 is 17.5 Å². The second kappa shape index (κ2) is 6.83. The van der Waals surface area contributed by atoms with E-state index in [0.29, 0.717) is 25.1 Å². The number of benzene rings is 1. The van der Waals surface area contributed by atoms with Crippen molar-refractivity contribution in [3.05, 3.63) is 35.6 Å². The van der Waals surface area contributed by atoms with E-state index in [-0.39, 0.29) is 24.6 Å². The molecule has 118 valence electrons. The minimum Gasteiger partial charge on any atom is -0.373 e. The molecule has 1 aromatic rings. The van der Waals surface area contributed by atoms with Crippen LogP contribution in [-0.2, 0) is 21.4 Å². The van der Waals surface area contributed by atoms with Gasteiger partial charge in [-0.3, -0.25) is 0 Å². The van der Waals surface area contributed by atoms with E-state index in [0.717, 1.165) is 0 Å². The van der Waals surface area contributed by atoms with E-state index in [4.69, 9.17) is 4.74 Å². The zero-order valence-electron chi connectivity index (χ0n) is 12.3. The van der Waals surface area contributed by atoms with Crippen LogP contribution in [0.2, 0.25) is 0 Å². The van der Waals surface area contributed by atoms with Crippen LogP contribution in [0.5, 0.6) is 0 Å². The van der Waals surface area contributed by atoms with Gasteiger partial charge in [-0.15, -0.1) is 0 Å². The molecule has 7 heteroatoms. The van der Waals surface area contributed by atoms with E-state index in [1.54, 1.807) is 18.2 Å². The molecule has 1 aliphatic heterocycles. The minimum atomic E-state index is -3.55. The molecule has 1 fully saturated rings. The van der Waals surface area contributed by atoms with Crippen LogP contribution in [-0.4, -0.2) is 44.6 Å². The first kappa shape index (κ1) is 16.4. The summed E-state index contributed by atoms with van der Waals surface area (Å²) in [5.74, 6) is -0.315. The van der Waals surface area contributed by atoms with Gasteiger partial charge in [-0.1, -0.05) is 18.2 Å². The van der Waals surface area contributed by atoms with E-state index in [1.165, 1.54) is 10.4 Å². The van der Waals surface area contributed by atoms with Gasteiger partial charge in [0.25, 0.3) is 10.2 Å². The summed E-state index contributed by atoms with van der Waals surface area (Å²) in [6, 6.07) is 6.37. The predicted molar refractivity (Wildman–Crippen MR) is 78.6 cm³/mol. The Balaban J connectivity index is 1.91. The van der Waals surface area contributed by atoms with Gasteiger partial charge in [0.2, 0.25) is 0 Å². The molecule has 0 unspecified atom stereocenters. The molecule has 5 nitrogen and oxygen atoms in total. The SMILES string of the molecule is C[C@H]1CN(S(=O)(=O)NCCc2ccccc2F)C[C@H](C)O1. The normalized spacial score (nSPS) is 24.1. The average molecular weight is 316 g/mol. The van der Waals surface area contributed by atoms with Crippen LogP contribution >= 0.6 is 0 Å². The second-order valence-corrected chi connectivity index (χ2v) is 7.07. The van der Waals surface area contributed by atoms with Gasteiger partial charge >= 0.3 is 0 Å². The molecule has 0 radical (unpaired) electrons. The van der Waals surface area contributed by atoms with Crippen LogP contribution in [0.25, 0.3) is 0 Å². The molecular formula is C14H21FN2O3S. The Morgan fingerprint density at radius 2 is 1.90 bits per heavy atom. The number of morpholine rings is 1. The Morgan fingerprint density at radius 1 is 1.29 bits per heavy atom. The van der Waals surface area contributed by atoms with E-state index in [1.807, 2.05) is 13.8 Å². The average Bonchev–Trinajstić information content (AvgIpc) is 2.40. The zero-order chi connectivity index (χ0) is 15.5. The monoisotopic (exact) mass is 316 g/mol. The van der Waals surface area contributed by atoms with E-state index in [9.17, 15) is 12.8 Å². The molecule has 0 saturated carbocycles. The molecule has 1 heterocycles. The van der Waals surface area contributed by atoms with Gasteiger partial charge in [0.05, 0.1) is 12.2 Å². The third kappa shape index (κ3) is 4.47. The summed E-state index contributed by atoms with van der Waals surface area (Å²) in [7, 11) is -3.55. The third-order valence-electron chi connectivity index (χ3n) is 3.36. The molecule has 0 aromatic heterocycles. The molecule has 2 atom stereocenters. The summed E-state index contributed by atoms with van der Waals surface area (Å²) < 4.78 is 47.3. The fourth-order valence-corrected chi connectivity index (χ4v) is 3.79. The highest BCUT2D eigenvalue weighted by Crippen LogP contribution is 2.13. The molecule has 1 N–H and O–H groups in total. The van der Waals surface area contributed by atoms with Crippen molar-refractivity contribution in [2.24, 2.45) is 0 Å². The fourth-order valence-electron chi connectivity index (χ4n) is 2.43. The Morgan fingerprint density at radius 3 is 2.52 bits per heavy atom. The van der Waals surface area contributed by atoms with Crippen molar-refractivity contribution in [1.82, 2.24) is 9.03 Å². The Bertz CT molecular complexity index is 569. The zero-order valence-corrected chi connectivity index (χ0v) is 13.1. The van der Waals surface area contributed by atoms with Gasteiger partial charge in [0.15, 0.2) is 0 Å². The summed E-state index contributed by atoms with van der Waals surface area (Å²) in [5, 5.41) is 0. The van der Waals surface area contributed by atoms with E-state index < -0.39 is 10.2 Å². The summed E-state index contributed by atoms with van der Waals surface area (Å²) >= 11 is 0. The summed E-state index contributed by atoms with van der Waals surface area (Å²) in [5.41, 5.74) is 0.504. The molecule has 0 spiro atoms. The van der Waals surface area contributed by atoms with Gasteiger partial charge < -0.3 is 4.74 Å². The Hall–Kier alpha value is -1.02. The van der Waals surface area contributed by atoms with Crippen LogP contribution in [0.15, 0.2) is 24.3 Å². The third-order valence-corrected chi connectivity index (χ3v) is 4.91. The maximum absolute atomic E-state index is 13.5. The van der Waals surface area contributed by atoms with Crippen molar-refractivity contribution in [2.45, 2.75) is 32.5 Å². The quantitative estimate of drug-likeness (QED) is 0.891. The predicted octanol–water partition coefficient (Wildman–Crippen LogP) is 1.31. The minimum absolute atomic E-state index is 0.128. The van der Waals surface area contributed by atoms with Crippen molar-refractivity contribution in [3.63, 3.8) is 0 Å². The lowest BCUT2D eigenvalue weighted by atomic mass is 10.1. The molecule has 0 aliphatic carbocycles. The van der Waals surface area contributed by atoms with Gasteiger partial charge in [-0.25, -0.2) is 9.11 Å². The van der Waals surface area contributed by atoms with Crippen LogP contribution in [0.3, 0.4) is 0 Å². The largest absolute Gasteiger partial charge is 0.373 e. The van der Waals surface area contributed by atoms with Crippen molar-refractivity contribution in [2.75, 3.05) is 19.6 Å². The number of rotatable bonds is 5. The van der Waals surface area contributed by atoms with Crippen LogP contribution < -0.4 is 4.72 Å². The number of nitrogens with zero attached hydrogens (tertiary/aromatic N) is 1. The number of hydrogen-bond donors (Lipinski definition) is 1. The van der Waals surface area contributed by atoms with Gasteiger partial charge in [-0.05, 0) is 31.9 Å².